The van der Waals surface area contributed by atoms with Gasteiger partial charge in [0.2, 0.25) is 0 Å². The zero-order valence-electron chi connectivity index (χ0n) is 29.1. The Balaban J connectivity index is 1.03. The van der Waals surface area contributed by atoms with Crippen molar-refractivity contribution in [3.63, 3.8) is 0 Å². The molecule has 0 aliphatic carbocycles. The lowest BCUT2D eigenvalue weighted by Crippen LogP contribution is -1.91. The highest BCUT2D eigenvalue weighted by Gasteiger charge is 2.18. The lowest BCUT2D eigenvalue weighted by Gasteiger charge is -2.18. The lowest BCUT2D eigenvalue weighted by atomic mass is 9.85. The van der Waals surface area contributed by atoms with Gasteiger partial charge < -0.3 is 8.83 Å². The Hall–Kier alpha value is -6.90. The lowest BCUT2D eigenvalue weighted by molar-refractivity contribution is 0.578. The molecule has 53 heavy (non-hydrogen) atoms. The van der Waals surface area contributed by atoms with Crippen molar-refractivity contribution in [3.05, 3.63) is 182 Å². The molecule has 0 unspecified atom stereocenters. The molecule has 0 aliphatic heterocycles. The molecule has 0 fully saturated rings. The van der Waals surface area contributed by atoms with Gasteiger partial charge in [0.05, 0.1) is 0 Å². The summed E-state index contributed by atoms with van der Waals surface area (Å²) in [6, 6.07) is 63.6. The van der Waals surface area contributed by atoms with Crippen LogP contribution < -0.4 is 0 Å². The first kappa shape index (κ1) is 29.8. The maximum atomic E-state index is 6.39. The van der Waals surface area contributed by atoms with Gasteiger partial charge in [-0.15, -0.1) is 0 Å². The summed E-state index contributed by atoms with van der Waals surface area (Å²) >= 11 is 0. The van der Waals surface area contributed by atoms with Crippen LogP contribution in [0.25, 0.3) is 110 Å². The van der Waals surface area contributed by atoms with Crippen molar-refractivity contribution in [2.24, 2.45) is 0 Å². The first-order valence-electron chi connectivity index (χ1n) is 18.2. The molecule has 0 saturated heterocycles. The van der Waals surface area contributed by atoms with Gasteiger partial charge in [-0.2, -0.15) is 0 Å². The molecule has 0 amide bonds. The minimum absolute atomic E-state index is 0.916. The number of fused-ring (bicyclic) bond motifs is 7. The molecular weight excluding hydrogens is 645 g/mol. The van der Waals surface area contributed by atoms with Crippen molar-refractivity contribution in [2.45, 2.75) is 6.92 Å². The van der Waals surface area contributed by atoms with Gasteiger partial charge in [-0.25, -0.2) is 0 Å². The normalized spacial score (nSPS) is 11.9. The Morgan fingerprint density at radius 2 is 0.830 bits per heavy atom. The number of aryl methyl sites for hydroxylation is 1. The van der Waals surface area contributed by atoms with Gasteiger partial charge in [-0.05, 0) is 109 Å². The standard InChI is InChI=1S/C51H32O2/c1-31-27-38-25-23-37(30-48(38)52-31)35-21-22-36-29-39(26-24-34(36)28-35)50-44-12-4-2-10-42(44)49(43-11-3-5-13-45(43)50)33-19-17-32(18-20-33)40-14-8-15-46-41-9-6-7-16-47(41)53-51(40)46/h2-30H,1H3. The molecule has 9 aromatic carbocycles. The number of benzene rings is 9. The SMILES string of the molecule is Cc1cc2ccc(-c3ccc4cc(-c5c6ccccc6c(-c6ccc(-c7cccc8c7oc7ccccc78)cc6)c6ccccc56)ccc4c3)cc2o1. The van der Waals surface area contributed by atoms with Crippen LogP contribution in [0.1, 0.15) is 5.76 Å². The van der Waals surface area contributed by atoms with Crippen LogP contribution in [0.5, 0.6) is 0 Å². The van der Waals surface area contributed by atoms with E-state index < -0.39 is 0 Å². The smallest absolute Gasteiger partial charge is 0.143 e. The molecule has 0 bridgehead atoms. The number of para-hydroxylation sites is 2. The first-order valence-corrected chi connectivity index (χ1v) is 18.2. The number of hydrogen-bond acceptors (Lipinski definition) is 2. The third kappa shape index (κ3) is 4.73. The molecule has 0 saturated carbocycles. The van der Waals surface area contributed by atoms with Crippen molar-refractivity contribution in [1.82, 2.24) is 0 Å². The summed E-state index contributed by atoms with van der Waals surface area (Å²) in [4.78, 5) is 0. The number of hydrogen-bond donors (Lipinski definition) is 0. The maximum absolute atomic E-state index is 6.39. The van der Waals surface area contributed by atoms with Crippen molar-refractivity contribution < 1.29 is 8.83 Å². The third-order valence-electron chi connectivity index (χ3n) is 10.9. The molecule has 0 spiro atoms. The van der Waals surface area contributed by atoms with E-state index in [1.165, 1.54) is 60.1 Å². The van der Waals surface area contributed by atoms with Crippen LogP contribution in [0.4, 0.5) is 0 Å². The highest BCUT2D eigenvalue weighted by molar-refractivity contribution is 6.22. The topological polar surface area (TPSA) is 26.3 Å². The molecule has 0 atom stereocenters. The number of rotatable bonds is 4. The van der Waals surface area contributed by atoms with Crippen LogP contribution in [0.15, 0.2) is 185 Å². The average Bonchev–Trinajstić information content (AvgIpc) is 3.79. The molecule has 2 heteroatoms. The Morgan fingerprint density at radius 3 is 1.53 bits per heavy atom. The third-order valence-corrected chi connectivity index (χ3v) is 10.9. The van der Waals surface area contributed by atoms with E-state index in [-0.39, 0.29) is 0 Å². The Labute approximate surface area is 306 Å². The van der Waals surface area contributed by atoms with Gasteiger partial charge in [-0.3, -0.25) is 0 Å². The molecule has 248 valence electrons. The summed E-state index contributed by atoms with van der Waals surface area (Å²) in [6.07, 6.45) is 0. The van der Waals surface area contributed by atoms with Gasteiger partial charge in [0, 0.05) is 21.7 Å². The summed E-state index contributed by atoms with van der Waals surface area (Å²) in [5.74, 6) is 0.933. The second kappa shape index (κ2) is 11.6. The second-order valence-corrected chi connectivity index (χ2v) is 14.1. The second-order valence-electron chi connectivity index (χ2n) is 14.1. The van der Waals surface area contributed by atoms with Gasteiger partial charge in [0.1, 0.15) is 22.5 Å². The highest BCUT2D eigenvalue weighted by atomic mass is 16.3. The summed E-state index contributed by atoms with van der Waals surface area (Å²) in [5, 5.41) is 10.8. The van der Waals surface area contributed by atoms with Gasteiger partial charge in [0.15, 0.2) is 0 Å². The van der Waals surface area contributed by atoms with Crippen LogP contribution in [0, 0.1) is 6.92 Å². The van der Waals surface area contributed by atoms with Crippen LogP contribution in [0.2, 0.25) is 0 Å². The average molecular weight is 677 g/mol. The van der Waals surface area contributed by atoms with Crippen LogP contribution in [-0.2, 0) is 0 Å². The predicted molar refractivity (Wildman–Crippen MR) is 222 cm³/mol. The van der Waals surface area contributed by atoms with Gasteiger partial charge >= 0.3 is 0 Å². The first-order chi connectivity index (χ1) is 26.2. The van der Waals surface area contributed by atoms with Crippen molar-refractivity contribution in [1.29, 1.82) is 0 Å². The fraction of sp³-hybridized carbons (Fsp3) is 0.0196. The van der Waals surface area contributed by atoms with E-state index in [2.05, 4.69) is 164 Å². The molecule has 0 radical (unpaired) electrons. The van der Waals surface area contributed by atoms with E-state index in [4.69, 9.17) is 8.83 Å². The Kier molecular flexibility index (Phi) is 6.50. The molecular formula is C51H32O2. The van der Waals surface area contributed by atoms with Crippen molar-refractivity contribution >= 4 is 65.2 Å². The van der Waals surface area contributed by atoms with E-state index in [0.29, 0.717) is 0 Å². The summed E-state index contributed by atoms with van der Waals surface area (Å²) in [5.41, 5.74) is 12.3. The highest BCUT2D eigenvalue weighted by Crippen LogP contribution is 2.45. The Morgan fingerprint density at radius 1 is 0.321 bits per heavy atom. The molecule has 2 heterocycles. The monoisotopic (exact) mass is 676 g/mol. The molecule has 0 N–H and O–H groups in total. The molecule has 11 rings (SSSR count). The van der Waals surface area contributed by atoms with Crippen LogP contribution >= 0.6 is 0 Å². The minimum atomic E-state index is 0.916. The van der Waals surface area contributed by atoms with E-state index >= 15 is 0 Å². The van der Waals surface area contributed by atoms with E-state index in [9.17, 15) is 0 Å². The predicted octanol–water partition coefficient (Wildman–Crippen LogP) is 14.8. The summed E-state index contributed by atoms with van der Waals surface area (Å²) in [6.45, 7) is 2.00. The molecule has 0 aliphatic rings. The van der Waals surface area contributed by atoms with E-state index in [0.717, 1.165) is 55.4 Å². The van der Waals surface area contributed by atoms with E-state index in [1.54, 1.807) is 0 Å². The van der Waals surface area contributed by atoms with Gasteiger partial charge in [-0.1, -0.05) is 146 Å². The van der Waals surface area contributed by atoms with Crippen molar-refractivity contribution in [3.8, 4) is 44.5 Å². The van der Waals surface area contributed by atoms with Gasteiger partial charge in [0.25, 0.3) is 0 Å². The quantitative estimate of drug-likeness (QED) is 0.173. The fourth-order valence-electron chi connectivity index (χ4n) is 8.47. The minimum Gasteiger partial charge on any atom is -0.461 e. The zero-order valence-corrected chi connectivity index (χ0v) is 29.1. The molecule has 11 aromatic rings. The maximum Gasteiger partial charge on any atom is 0.143 e. The molecule has 2 nitrogen and oxygen atoms in total. The number of furan rings is 2. The van der Waals surface area contributed by atoms with Crippen molar-refractivity contribution in [2.75, 3.05) is 0 Å². The van der Waals surface area contributed by atoms with E-state index in [1.807, 2.05) is 19.1 Å². The largest absolute Gasteiger partial charge is 0.461 e. The van der Waals surface area contributed by atoms with Crippen LogP contribution in [0.3, 0.4) is 0 Å². The fourth-order valence-corrected chi connectivity index (χ4v) is 8.47. The molecule has 2 aromatic heterocycles. The van der Waals surface area contributed by atoms with Crippen LogP contribution in [-0.4, -0.2) is 0 Å². The summed E-state index contributed by atoms with van der Waals surface area (Å²) < 4.78 is 12.3. The Bertz CT molecular complexity index is 3170. The zero-order chi connectivity index (χ0) is 35.0. The summed E-state index contributed by atoms with van der Waals surface area (Å²) in [7, 11) is 0.